The maximum absolute atomic E-state index is 12.7. The molecule has 2 aromatic carbocycles. The third-order valence-electron chi connectivity index (χ3n) is 5.68. The standard InChI is InChI=1S/C25H28Cl2N2O4.C2H6/c1-33-25(32)22(28-24(31)23-20(26)3-2-4-21(23)27)16-18-7-5-17(6-8-18)15-19-9-11-29(12-10-19)13-14-30;1-2/h2-9,22,30H,10-16H2,1H3,(H,28,31);1-2H3. The van der Waals surface area contributed by atoms with Crippen molar-refractivity contribution in [3.63, 3.8) is 0 Å². The molecule has 0 saturated carbocycles. The van der Waals surface area contributed by atoms with Crippen LogP contribution < -0.4 is 5.32 Å². The molecule has 2 aromatic rings. The smallest absolute Gasteiger partial charge is 0.328 e. The van der Waals surface area contributed by atoms with Crippen LogP contribution >= 0.6 is 23.2 Å². The maximum atomic E-state index is 12.7. The highest BCUT2D eigenvalue weighted by Crippen LogP contribution is 2.24. The first-order chi connectivity index (χ1) is 16.9. The minimum Gasteiger partial charge on any atom is -0.467 e. The van der Waals surface area contributed by atoms with Crippen molar-refractivity contribution in [3.8, 4) is 0 Å². The Hall–Kier alpha value is -2.38. The SMILES string of the molecule is CC.COC(=O)C(Cc1ccc(CC2=CCN(CCO)CC2)cc1)NC(=O)c1c(Cl)cccc1Cl. The van der Waals surface area contributed by atoms with E-state index in [1.54, 1.807) is 18.2 Å². The van der Waals surface area contributed by atoms with Crippen molar-refractivity contribution in [1.29, 1.82) is 0 Å². The molecule has 6 nitrogen and oxygen atoms in total. The van der Waals surface area contributed by atoms with E-state index in [1.807, 2.05) is 38.1 Å². The van der Waals surface area contributed by atoms with Gasteiger partial charge >= 0.3 is 5.97 Å². The molecule has 0 aromatic heterocycles. The van der Waals surface area contributed by atoms with Crippen LogP contribution in [-0.2, 0) is 22.4 Å². The lowest BCUT2D eigenvalue weighted by Crippen LogP contribution is -2.43. The summed E-state index contributed by atoms with van der Waals surface area (Å²) in [5.41, 5.74) is 3.59. The van der Waals surface area contributed by atoms with Gasteiger partial charge in [-0.3, -0.25) is 9.69 Å². The average Bonchev–Trinajstić information content (AvgIpc) is 2.87. The minimum absolute atomic E-state index is 0.128. The third-order valence-corrected chi connectivity index (χ3v) is 6.31. The van der Waals surface area contributed by atoms with Crippen molar-refractivity contribution < 1.29 is 19.4 Å². The number of hydrogen-bond acceptors (Lipinski definition) is 5. The molecule has 0 saturated heterocycles. The fourth-order valence-electron chi connectivity index (χ4n) is 3.83. The lowest BCUT2D eigenvalue weighted by Gasteiger charge is -2.25. The first kappa shape index (κ1) is 28.9. The van der Waals surface area contributed by atoms with Crippen LogP contribution in [0.2, 0.25) is 10.0 Å². The quantitative estimate of drug-likeness (QED) is 0.370. The number of halogens is 2. The molecular formula is C27H34Cl2N2O4. The highest BCUT2D eigenvalue weighted by molar-refractivity contribution is 6.39. The van der Waals surface area contributed by atoms with E-state index in [4.69, 9.17) is 33.0 Å². The van der Waals surface area contributed by atoms with Crippen LogP contribution in [0.25, 0.3) is 0 Å². The van der Waals surface area contributed by atoms with Gasteiger partial charge < -0.3 is 15.2 Å². The Bertz CT molecular complexity index is 988. The zero-order chi connectivity index (χ0) is 25.8. The molecule has 35 heavy (non-hydrogen) atoms. The van der Waals surface area contributed by atoms with Crippen LogP contribution in [-0.4, -0.2) is 61.3 Å². The Morgan fingerprint density at radius 2 is 1.71 bits per heavy atom. The number of rotatable bonds is 9. The molecule has 190 valence electrons. The highest BCUT2D eigenvalue weighted by atomic mass is 35.5. The molecular weight excluding hydrogens is 487 g/mol. The number of aliphatic hydroxyl groups excluding tert-OH is 1. The van der Waals surface area contributed by atoms with Gasteiger partial charge in [-0.15, -0.1) is 0 Å². The number of ether oxygens (including phenoxy) is 1. The molecule has 0 aliphatic carbocycles. The molecule has 8 heteroatoms. The zero-order valence-corrected chi connectivity index (χ0v) is 22.0. The van der Waals surface area contributed by atoms with E-state index in [0.29, 0.717) is 6.54 Å². The van der Waals surface area contributed by atoms with Gasteiger partial charge in [0.1, 0.15) is 6.04 Å². The highest BCUT2D eigenvalue weighted by Gasteiger charge is 2.25. The fraction of sp³-hybridized carbons (Fsp3) is 0.407. The van der Waals surface area contributed by atoms with Crippen molar-refractivity contribution in [1.82, 2.24) is 10.2 Å². The Morgan fingerprint density at radius 1 is 1.09 bits per heavy atom. The molecule has 1 heterocycles. The molecule has 2 N–H and O–H groups in total. The summed E-state index contributed by atoms with van der Waals surface area (Å²) in [6.07, 6.45) is 4.37. The Labute approximate surface area is 217 Å². The predicted octanol–water partition coefficient (Wildman–Crippen LogP) is 4.70. The molecule has 0 fully saturated rings. The van der Waals surface area contributed by atoms with Crippen LogP contribution in [0.5, 0.6) is 0 Å². The topological polar surface area (TPSA) is 78.9 Å². The minimum atomic E-state index is -0.876. The maximum Gasteiger partial charge on any atom is 0.328 e. The van der Waals surface area contributed by atoms with E-state index in [0.717, 1.165) is 31.5 Å². The molecule has 1 atom stereocenters. The first-order valence-electron chi connectivity index (χ1n) is 11.8. The van der Waals surface area contributed by atoms with Gasteiger partial charge in [0.2, 0.25) is 0 Å². The van der Waals surface area contributed by atoms with E-state index in [-0.39, 0.29) is 28.6 Å². The van der Waals surface area contributed by atoms with Gasteiger partial charge in [-0.2, -0.15) is 0 Å². The number of carbonyl (C=O) groups is 2. The lowest BCUT2D eigenvalue weighted by atomic mass is 9.97. The Kier molecular flexibility index (Phi) is 12.3. The van der Waals surface area contributed by atoms with Crippen molar-refractivity contribution in [2.45, 2.75) is 39.2 Å². The van der Waals surface area contributed by atoms with Crippen molar-refractivity contribution >= 4 is 35.1 Å². The van der Waals surface area contributed by atoms with Crippen LogP contribution in [0.15, 0.2) is 54.1 Å². The van der Waals surface area contributed by atoms with Gasteiger partial charge in [0.25, 0.3) is 5.91 Å². The number of aliphatic hydroxyl groups is 1. The number of carbonyl (C=O) groups excluding carboxylic acids is 2. The summed E-state index contributed by atoms with van der Waals surface area (Å²) in [5, 5.41) is 12.2. The molecule has 0 spiro atoms. The Morgan fingerprint density at radius 3 is 2.26 bits per heavy atom. The average molecular weight is 521 g/mol. The fourth-order valence-corrected chi connectivity index (χ4v) is 4.40. The molecule has 1 aliphatic rings. The number of nitrogens with one attached hydrogen (secondary N) is 1. The summed E-state index contributed by atoms with van der Waals surface area (Å²) in [5.74, 6) is -1.08. The van der Waals surface area contributed by atoms with Crippen LogP contribution in [0.1, 0.15) is 41.8 Å². The van der Waals surface area contributed by atoms with Crippen LogP contribution in [0, 0.1) is 0 Å². The monoisotopic (exact) mass is 520 g/mol. The van der Waals surface area contributed by atoms with Crippen molar-refractivity contribution in [3.05, 3.63) is 80.8 Å². The second-order valence-electron chi connectivity index (χ2n) is 7.98. The summed E-state index contributed by atoms with van der Waals surface area (Å²) >= 11 is 12.2. The summed E-state index contributed by atoms with van der Waals surface area (Å²) in [7, 11) is 1.28. The van der Waals surface area contributed by atoms with Gasteiger partial charge in [0.15, 0.2) is 0 Å². The molecule has 0 bridgehead atoms. The molecule has 3 rings (SSSR count). The molecule has 1 aliphatic heterocycles. The van der Waals surface area contributed by atoms with Gasteiger partial charge in [0.05, 0.1) is 29.3 Å². The summed E-state index contributed by atoms with van der Waals surface area (Å²) in [4.78, 5) is 27.3. The number of hydrogen-bond donors (Lipinski definition) is 2. The van der Waals surface area contributed by atoms with E-state index in [1.165, 1.54) is 18.2 Å². The number of nitrogens with zero attached hydrogens (tertiary/aromatic N) is 1. The second kappa shape index (κ2) is 14.9. The van der Waals surface area contributed by atoms with Gasteiger partial charge in [-0.05, 0) is 36.1 Å². The van der Waals surface area contributed by atoms with E-state index < -0.39 is 17.9 Å². The number of esters is 1. The normalized spacial score (nSPS) is 14.3. The second-order valence-corrected chi connectivity index (χ2v) is 8.79. The number of methoxy groups -OCH3 is 1. The first-order valence-corrected chi connectivity index (χ1v) is 12.6. The third kappa shape index (κ3) is 8.65. The van der Waals surface area contributed by atoms with Crippen LogP contribution in [0.4, 0.5) is 0 Å². The van der Waals surface area contributed by atoms with Gasteiger partial charge in [0, 0.05) is 26.1 Å². The summed E-state index contributed by atoms with van der Waals surface area (Å²) in [6.45, 7) is 6.71. The molecule has 0 radical (unpaired) electrons. The molecule has 1 amide bonds. The Balaban J connectivity index is 0.00000210. The predicted molar refractivity (Wildman–Crippen MR) is 141 cm³/mol. The summed E-state index contributed by atoms with van der Waals surface area (Å²) in [6, 6.07) is 11.9. The van der Waals surface area contributed by atoms with E-state index in [9.17, 15) is 9.59 Å². The van der Waals surface area contributed by atoms with Gasteiger partial charge in [-0.1, -0.05) is 79.0 Å². The largest absolute Gasteiger partial charge is 0.467 e. The van der Waals surface area contributed by atoms with Crippen molar-refractivity contribution in [2.75, 3.05) is 33.4 Å². The van der Waals surface area contributed by atoms with E-state index in [2.05, 4.69) is 16.3 Å². The number of β-amino-alcohol motifs (C(OH)–C–C–N with tert-alkyl or cyclic N) is 1. The zero-order valence-electron chi connectivity index (χ0n) is 20.5. The molecule has 1 unspecified atom stereocenters. The summed E-state index contributed by atoms with van der Waals surface area (Å²) < 4.78 is 4.89. The number of amides is 1. The number of benzene rings is 2. The van der Waals surface area contributed by atoms with Gasteiger partial charge in [-0.25, -0.2) is 4.79 Å². The van der Waals surface area contributed by atoms with Crippen LogP contribution in [0.3, 0.4) is 0 Å². The van der Waals surface area contributed by atoms with Crippen molar-refractivity contribution in [2.24, 2.45) is 0 Å². The van der Waals surface area contributed by atoms with E-state index >= 15 is 0 Å². The lowest BCUT2D eigenvalue weighted by molar-refractivity contribution is -0.142.